The van der Waals surface area contributed by atoms with Gasteiger partial charge in [0.1, 0.15) is 5.82 Å². The molecule has 0 aliphatic rings. The van der Waals surface area contributed by atoms with Gasteiger partial charge in [0.2, 0.25) is 0 Å². The van der Waals surface area contributed by atoms with Crippen molar-refractivity contribution >= 4 is 55.5 Å². The Bertz CT molecular complexity index is 818. The number of hydrogen-bond donors (Lipinski definition) is 2. The first-order valence-corrected chi connectivity index (χ1v) is 7.28. The Balaban J connectivity index is 2.16. The van der Waals surface area contributed by atoms with Gasteiger partial charge in [0, 0.05) is 21.7 Å². The minimum Gasteiger partial charge on any atom is -0.398 e. The number of nitrogens with two attached hydrogens (primary N) is 1. The van der Waals surface area contributed by atoms with E-state index in [2.05, 4.69) is 26.2 Å². The number of para-hydroxylation sites is 1. The van der Waals surface area contributed by atoms with Crippen molar-refractivity contribution in [3.8, 4) is 0 Å². The van der Waals surface area contributed by atoms with Crippen molar-refractivity contribution in [2.45, 2.75) is 0 Å². The summed E-state index contributed by atoms with van der Waals surface area (Å²) in [5.74, 6) is -0.426. The average Bonchev–Trinajstić information content (AvgIpc) is 2.45. The van der Waals surface area contributed by atoms with Crippen LogP contribution in [0.3, 0.4) is 0 Å². The van der Waals surface area contributed by atoms with E-state index >= 15 is 0 Å². The summed E-state index contributed by atoms with van der Waals surface area (Å²) in [7, 11) is 0. The van der Waals surface area contributed by atoms with E-state index in [1.54, 1.807) is 30.5 Å². The van der Waals surface area contributed by atoms with Gasteiger partial charge in [-0.25, -0.2) is 4.39 Å². The monoisotopic (exact) mass is 365 g/mol. The molecule has 0 fully saturated rings. The Kier molecular flexibility index (Phi) is 3.69. The molecule has 6 heteroatoms. The van der Waals surface area contributed by atoms with Crippen molar-refractivity contribution in [3.63, 3.8) is 0 Å². The molecule has 0 saturated carbocycles. The van der Waals surface area contributed by atoms with E-state index in [0.29, 0.717) is 21.9 Å². The molecule has 0 spiro atoms. The van der Waals surface area contributed by atoms with Gasteiger partial charge in [-0.05, 0) is 46.3 Å². The molecule has 0 radical (unpaired) electrons. The molecule has 0 aliphatic carbocycles. The van der Waals surface area contributed by atoms with E-state index in [1.807, 2.05) is 6.07 Å². The van der Waals surface area contributed by atoms with E-state index in [4.69, 9.17) is 17.3 Å². The molecule has 3 rings (SSSR count). The minimum atomic E-state index is -0.426. The van der Waals surface area contributed by atoms with Crippen LogP contribution >= 0.6 is 27.5 Å². The highest BCUT2D eigenvalue weighted by Crippen LogP contribution is 2.33. The van der Waals surface area contributed by atoms with Crippen molar-refractivity contribution in [2.75, 3.05) is 11.1 Å². The third-order valence-corrected chi connectivity index (χ3v) is 3.82. The van der Waals surface area contributed by atoms with Gasteiger partial charge < -0.3 is 11.1 Å². The fourth-order valence-corrected chi connectivity index (χ4v) is 2.61. The average molecular weight is 367 g/mol. The molecule has 1 heterocycles. The van der Waals surface area contributed by atoms with Gasteiger partial charge in [0.25, 0.3) is 0 Å². The van der Waals surface area contributed by atoms with Gasteiger partial charge >= 0.3 is 0 Å². The SMILES string of the molecule is Nc1ccc(Nc2c(F)cccc2Cl)c2ncc(Br)cc12. The molecule has 1 aromatic heterocycles. The Morgan fingerprint density at radius 1 is 1.24 bits per heavy atom. The number of hydrogen-bond acceptors (Lipinski definition) is 3. The number of anilines is 3. The maximum Gasteiger partial charge on any atom is 0.148 e. The summed E-state index contributed by atoms with van der Waals surface area (Å²) in [6.45, 7) is 0. The van der Waals surface area contributed by atoms with Crippen LogP contribution in [0.25, 0.3) is 10.9 Å². The zero-order chi connectivity index (χ0) is 15.0. The second-order valence-electron chi connectivity index (χ2n) is 4.47. The highest BCUT2D eigenvalue weighted by atomic mass is 79.9. The second-order valence-corrected chi connectivity index (χ2v) is 5.80. The number of halogens is 3. The molecular formula is C15H10BrClFN3. The first-order valence-electron chi connectivity index (χ1n) is 6.11. The minimum absolute atomic E-state index is 0.218. The van der Waals surface area contributed by atoms with Gasteiger partial charge in [-0.15, -0.1) is 0 Å². The van der Waals surface area contributed by atoms with Crippen LogP contribution in [0.4, 0.5) is 21.5 Å². The Labute approximate surface area is 134 Å². The number of rotatable bonds is 2. The first kappa shape index (κ1) is 14.1. The first-order chi connectivity index (χ1) is 10.1. The molecule has 21 heavy (non-hydrogen) atoms. The van der Waals surface area contributed by atoms with Crippen LogP contribution in [-0.4, -0.2) is 4.98 Å². The molecule has 3 nitrogen and oxygen atoms in total. The van der Waals surface area contributed by atoms with Crippen LogP contribution in [-0.2, 0) is 0 Å². The van der Waals surface area contributed by atoms with Crippen molar-refractivity contribution in [2.24, 2.45) is 0 Å². The second kappa shape index (κ2) is 5.50. The predicted octanol–water partition coefficient (Wildman–Crippen LogP) is 5.12. The molecule has 0 atom stereocenters. The van der Waals surface area contributed by atoms with Gasteiger partial charge in [0.15, 0.2) is 0 Å². The van der Waals surface area contributed by atoms with Crippen molar-refractivity contribution in [1.29, 1.82) is 0 Å². The maximum absolute atomic E-state index is 13.9. The maximum atomic E-state index is 13.9. The van der Waals surface area contributed by atoms with Crippen LogP contribution in [0.1, 0.15) is 0 Å². The molecule has 0 unspecified atom stereocenters. The fourth-order valence-electron chi connectivity index (χ4n) is 2.07. The van der Waals surface area contributed by atoms with Gasteiger partial charge in [0.05, 0.1) is 21.9 Å². The summed E-state index contributed by atoms with van der Waals surface area (Å²) in [4.78, 5) is 4.34. The summed E-state index contributed by atoms with van der Waals surface area (Å²) in [6.07, 6.45) is 1.66. The van der Waals surface area contributed by atoms with Crippen LogP contribution < -0.4 is 11.1 Å². The Morgan fingerprint density at radius 3 is 2.81 bits per heavy atom. The number of aromatic nitrogens is 1. The quantitative estimate of drug-likeness (QED) is 0.619. The molecule has 0 bridgehead atoms. The molecule has 2 aromatic carbocycles. The van der Waals surface area contributed by atoms with E-state index in [-0.39, 0.29) is 5.69 Å². The van der Waals surface area contributed by atoms with Crippen molar-refractivity contribution < 1.29 is 4.39 Å². The van der Waals surface area contributed by atoms with Crippen LogP contribution in [0, 0.1) is 5.82 Å². The number of benzene rings is 2. The zero-order valence-electron chi connectivity index (χ0n) is 10.7. The third-order valence-electron chi connectivity index (χ3n) is 3.07. The van der Waals surface area contributed by atoms with Gasteiger partial charge in [-0.2, -0.15) is 0 Å². The topological polar surface area (TPSA) is 50.9 Å². The Morgan fingerprint density at radius 2 is 2.05 bits per heavy atom. The van der Waals surface area contributed by atoms with Crippen LogP contribution in [0.2, 0.25) is 5.02 Å². The number of pyridine rings is 1. The number of nitrogens with one attached hydrogen (secondary N) is 1. The van der Waals surface area contributed by atoms with Gasteiger partial charge in [-0.1, -0.05) is 17.7 Å². The standard InChI is InChI=1S/C15H10BrClFN3/c16-8-6-9-12(19)4-5-13(14(9)20-7-8)21-15-10(17)2-1-3-11(15)18/h1-7,21H,19H2. The zero-order valence-corrected chi connectivity index (χ0v) is 13.0. The smallest absolute Gasteiger partial charge is 0.148 e. The molecule has 0 saturated heterocycles. The lowest BCUT2D eigenvalue weighted by Crippen LogP contribution is -1.98. The van der Waals surface area contributed by atoms with Crippen molar-refractivity contribution in [1.82, 2.24) is 4.98 Å². The van der Waals surface area contributed by atoms with E-state index in [9.17, 15) is 4.39 Å². The molecule has 3 N–H and O–H groups in total. The summed E-state index contributed by atoms with van der Waals surface area (Å²) in [5, 5.41) is 4.07. The van der Waals surface area contributed by atoms with Gasteiger partial charge in [-0.3, -0.25) is 4.98 Å². The number of nitrogen functional groups attached to an aromatic ring is 1. The van der Waals surface area contributed by atoms with E-state index in [1.165, 1.54) is 6.07 Å². The summed E-state index contributed by atoms with van der Waals surface area (Å²) in [5.41, 5.74) is 8.07. The normalized spacial score (nSPS) is 10.8. The summed E-state index contributed by atoms with van der Waals surface area (Å²) >= 11 is 9.39. The van der Waals surface area contributed by atoms with Crippen LogP contribution in [0.15, 0.2) is 47.1 Å². The lowest BCUT2D eigenvalue weighted by Gasteiger charge is -2.12. The highest BCUT2D eigenvalue weighted by Gasteiger charge is 2.11. The number of nitrogens with zero attached hydrogens (tertiary/aromatic N) is 1. The molecule has 106 valence electrons. The lowest BCUT2D eigenvalue weighted by atomic mass is 10.1. The fraction of sp³-hybridized carbons (Fsp3) is 0. The molecule has 3 aromatic rings. The third kappa shape index (κ3) is 2.66. The highest BCUT2D eigenvalue weighted by molar-refractivity contribution is 9.10. The molecule has 0 aliphatic heterocycles. The Hall–Kier alpha value is -1.85. The van der Waals surface area contributed by atoms with E-state index < -0.39 is 5.82 Å². The summed E-state index contributed by atoms with van der Waals surface area (Å²) in [6, 6.07) is 9.88. The molecular weight excluding hydrogens is 357 g/mol. The summed E-state index contributed by atoms with van der Waals surface area (Å²) < 4.78 is 14.7. The van der Waals surface area contributed by atoms with Crippen LogP contribution in [0.5, 0.6) is 0 Å². The predicted molar refractivity (Wildman–Crippen MR) is 88.5 cm³/mol. The number of fused-ring (bicyclic) bond motifs is 1. The van der Waals surface area contributed by atoms with E-state index in [0.717, 1.165) is 9.86 Å². The van der Waals surface area contributed by atoms with Crippen molar-refractivity contribution in [3.05, 3.63) is 57.9 Å². The molecule has 0 amide bonds. The lowest BCUT2D eigenvalue weighted by molar-refractivity contribution is 0.632. The largest absolute Gasteiger partial charge is 0.398 e.